The van der Waals surface area contributed by atoms with E-state index in [2.05, 4.69) is 38.2 Å². The highest BCUT2D eigenvalue weighted by atomic mass is 16.2. The Labute approximate surface area is 123 Å². The highest BCUT2D eigenvalue weighted by Gasteiger charge is 2.21. The summed E-state index contributed by atoms with van der Waals surface area (Å²) in [6.45, 7) is 9.80. The second-order valence-corrected chi connectivity index (χ2v) is 6.52. The van der Waals surface area contributed by atoms with Gasteiger partial charge in [0.05, 0.1) is 6.54 Å². The van der Waals surface area contributed by atoms with Gasteiger partial charge in [-0.05, 0) is 24.3 Å². The molecule has 0 bridgehead atoms. The molecule has 1 N–H and O–H groups in total. The van der Waals surface area contributed by atoms with Gasteiger partial charge in [0.1, 0.15) is 0 Å². The first-order valence-corrected chi connectivity index (χ1v) is 7.36. The van der Waals surface area contributed by atoms with Crippen LogP contribution < -0.4 is 5.32 Å². The number of hydrogen-bond acceptors (Lipinski definition) is 2. The van der Waals surface area contributed by atoms with Crippen LogP contribution in [0.25, 0.3) is 0 Å². The molecular weight excluding hydrogens is 248 g/mol. The van der Waals surface area contributed by atoms with Crippen LogP contribution in [-0.4, -0.2) is 30.9 Å². The zero-order chi connectivity index (χ0) is 15.2. The van der Waals surface area contributed by atoms with Gasteiger partial charge in [-0.2, -0.15) is 0 Å². The summed E-state index contributed by atoms with van der Waals surface area (Å²) in [4.78, 5) is 13.7. The van der Waals surface area contributed by atoms with Crippen molar-refractivity contribution in [3.63, 3.8) is 0 Å². The van der Waals surface area contributed by atoms with Crippen LogP contribution in [0.15, 0.2) is 30.3 Å². The summed E-state index contributed by atoms with van der Waals surface area (Å²) < 4.78 is 0. The smallest absolute Gasteiger partial charge is 0.236 e. The van der Waals surface area contributed by atoms with Gasteiger partial charge in [0.2, 0.25) is 5.91 Å². The van der Waals surface area contributed by atoms with Crippen molar-refractivity contribution in [1.82, 2.24) is 10.2 Å². The second kappa shape index (κ2) is 7.44. The lowest BCUT2D eigenvalue weighted by Crippen LogP contribution is -2.37. The van der Waals surface area contributed by atoms with Crippen LogP contribution >= 0.6 is 0 Å². The summed E-state index contributed by atoms with van der Waals surface area (Å²) in [5.41, 5.74) is 1.46. The van der Waals surface area contributed by atoms with Gasteiger partial charge in [0.15, 0.2) is 0 Å². The van der Waals surface area contributed by atoms with Crippen molar-refractivity contribution >= 4 is 5.91 Å². The van der Waals surface area contributed by atoms with E-state index < -0.39 is 0 Å². The maximum atomic E-state index is 11.9. The molecule has 0 aliphatic rings. The zero-order valence-electron chi connectivity index (χ0n) is 13.4. The molecule has 112 valence electrons. The Bertz CT molecular complexity index is 409. The third-order valence-electron chi connectivity index (χ3n) is 3.42. The molecule has 1 unspecified atom stereocenters. The molecule has 1 aromatic rings. The highest BCUT2D eigenvalue weighted by Crippen LogP contribution is 2.29. The minimum absolute atomic E-state index is 0.141. The Morgan fingerprint density at radius 3 is 2.35 bits per heavy atom. The highest BCUT2D eigenvalue weighted by molar-refractivity contribution is 5.77. The predicted octanol–water partition coefficient (Wildman–Crippen LogP) is 3.23. The van der Waals surface area contributed by atoms with Crippen LogP contribution in [0.2, 0.25) is 0 Å². The van der Waals surface area contributed by atoms with E-state index in [1.807, 2.05) is 32.2 Å². The van der Waals surface area contributed by atoms with Gasteiger partial charge in [-0.1, -0.05) is 51.1 Å². The van der Waals surface area contributed by atoms with Gasteiger partial charge in [0, 0.05) is 19.6 Å². The van der Waals surface area contributed by atoms with Gasteiger partial charge >= 0.3 is 0 Å². The summed E-state index contributed by atoms with van der Waals surface area (Å²) >= 11 is 0. The first-order chi connectivity index (χ1) is 9.33. The van der Waals surface area contributed by atoms with Gasteiger partial charge in [0.25, 0.3) is 0 Å². The number of nitrogens with zero attached hydrogens (tertiary/aromatic N) is 1. The standard InChI is InChI=1S/C17H28N2O/c1-6-19(5)16(20)13-18-15(12-17(2,3)4)14-10-8-7-9-11-14/h7-11,15,18H,6,12-13H2,1-5H3. The Morgan fingerprint density at radius 1 is 1.25 bits per heavy atom. The van der Waals surface area contributed by atoms with E-state index in [1.165, 1.54) is 5.56 Å². The van der Waals surface area contributed by atoms with E-state index in [-0.39, 0.29) is 17.4 Å². The van der Waals surface area contributed by atoms with E-state index in [4.69, 9.17) is 0 Å². The Balaban J connectivity index is 2.72. The minimum Gasteiger partial charge on any atom is -0.345 e. The third-order valence-corrected chi connectivity index (χ3v) is 3.42. The van der Waals surface area contributed by atoms with Crippen LogP contribution in [0.5, 0.6) is 0 Å². The maximum Gasteiger partial charge on any atom is 0.236 e. The van der Waals surface area contributed by atoms with E-state index in [0.717, 1.165) is 13.0 Å². The van der Waals surface area contributed by atoms with Crippen molar-refractivity contribution < 1.29 is 4.79 Å². The number of nitrogens with one attached hydrogen (secondary N) is 1. The lowest BCUT2D eigenvalue weighted by atomic mass is 9.85. The summed E-state index contributed by atoms with van der Waals surface area (Å²) in [7, 11) is 1.84. The van der Waals surface area contributed by atoms with Crippen LogP contribution in [-0.2, 0) is 4.79 Å². The summed E-state index contributed by atoms with van der Waals surface area (Å²) in [5.74, 6) is 0.141. The number of amides is 1. The first-order valence-electron chi connectivity index (χ1n) is 7.36. The Morgan fingerprint density at radius 2 is 1.85 bits per heavy atom. The van der Waals surface area contributed by atoms with Gasteiger partial charge < -0.3 is 10.2 Å². The van der Waals surface area contributed by atoms with Crippen molar-refractivity contribution in [3.05, 3.63) is 35.9 Å². The van der Waals surface area contributed by atoms with Crippen molar-refractivity contribution in [2.24, 2.45) is 5.41 Å². The monoisotopic (exact) mass is 276 g/mol. The van der Waals surface area contributed by atoms with E-state index in [0.29, 0.717) is 6.54 Å². The molecule has 20 heavy (non-hydrogen) atoms. The summed E-state index contributed by atoms with van der Waals surface area (Å²) in [6.07, 6.45) is 1.00. The average Bonchev–Trinajstić information content (AvgIpc) is 2.41. The molecule has 0 saturated heterocycles. The Hall–Kier alpha value is -1.35. The lowest BCUT2D eigenvalue weighted by molar-refractivity contribution is -0.128. The van der Waals surface area contributed by atoms with Crippen LogP contribution in [0.3, 0.4) is 0 Å². The molecule has 0 spiro atoms. The van der Waals surface area contributed by atoms with Crippen LogP contribution in [0.4, 0.5) is 0 Å². The molecule has 0 aliphatic carbocycles. The molecular formula is C17H28N2O. The third kappa shape index (κ3) is 5.74. The van der Waals surface area contributed by atoms with Crippen molar-refractivity contribution in [1.29, 1.82) is 0 Å². The first kappa shape index (κ1) is 16.7. The van der Waals surface area contributed by atoms with E-state index in [1.54, 1.807) is 4.90 Å². The van der Waals surface area contributed by atoms with Crippen molar-refractivity contribution in [3.8, 4) is 0 Å². The molecule has 1 aromatic carbocycles. The molecule has 0 heterocycles. The van der Waals surface area contributed by atoms with Crippen LogP contribution in [0.1, 0.15) is 45.7 Å². The van der Waals surface area contributed by atoms with E-state index in [9.17, 15) is 4.79 Å². The Kier molecular flexibility index (Phi) is 6.21. The molecule has 1 atom stereocenters. The average molecular weight is 276 g/mol. The number of rotatable bonds is 6. The maximum absolute atomic E-state index is 11.9. The van der Waals surface area contributed by atoms with Crippen LogP contribution in [0, 0.1) is 5.41 Å². The molecule has 1 amide bonds. The number of carbonyl (C=O) groups is 1. The zero-order valence-corrected chi connectivity index (χ0v) is 13.4. The van der Waals surface area contributed by atoms with Gasteiger partial charge in [-0.25, -0.2) is 0 Å². The fourth-order valence-corrected chi connectivity index (χ4v) is 2.13. The van der Waals surface area contributed by atoms with E-state index >= 15 is 0 Å². The minimum atomic E-state index is 0.141. The van der Waals surface area contributed by atoms with Gasteiger partial charge in [-0.3, -0.25) is 4.79 Å². The number of benzene rings is 1. The number of carbonyl (C=O) groups excluding carboxylic acids is 1. The summed E-state index contributed by atoms with van der Waals surface area (Å²) in [6, 6.07) is 10.6. The second-order valence-electron chi connectivity index (χ2n) is 6.52. The fraction of sp³-hybridized carbons (Fsp3) is 0.588. The number of likely N-dealkylation sites (N-methyl/N-ethyl adjacent to an activating group) is 1. The normalized spacial score (nSPS) is 13.1. The molecule has 3 heteroatoms. The largest absolute Gasteiger partial charge is 0.345 e. The molecule has 0 aliphatic heterocycles. The SMILES string of the molecule is CCN(C)C(=O)CNC(CC(C)(C)C)c1ccccc1. The molecule has 3 nitrogen and oxygen atoms in total. The van der Waals surface area contributed by atoms with Gasteiger partial charge in [-0.15, -0.1) is 0 Å². The van der Waals surface area contributed by atoms with Crippen molar-refractivity contribution in [2.45, 2.75) is 40.2 Å². The molecule has 0 fully saturated rings. The van der Waals surface area contributed by atoms with Crippen molar-refractivity contribution in [2.75, 3.05) is 20.1 Å². The topological polar surface area (TPSA) is 32.3 Å². The lowest BCUT2D eigenvalue weighted by Gasteiger charge is -2.28. The molecule has 1 rings (SSSR count). The number of hydrogen-bond donors (Lipinski definition) is 1. The molecule has 0 radical (unpaired) electrons. The summed E-state index contributed by atoms with van der Waals surface area (Å²) in [5, 5.41) is 3.42. The molecule has 0 saturated carbocycles. The quantitative estimate of drug-likeness (QED) is 0.865. The fourth-order valence-electron chi connectivity index (χ4n) is 2.13. The molecule has 0 aromatic heterocycles. The predicted molar refractivity (Wildman–Crippen MR) is 84.6 cm³/mol.